The monoisotopic (exact) mass is 378 g/mol. The molecule has 0 heterocycles. The van der Waals surface area contributed by atoms with Gasteiger partial charge >= 0.3 is 0 Å². The fourth-order valence-corrected chi connectivity index (χ4v) is 2.46. The Balaban J connectivity index is 1.82. The topological polar surface area (TPSA) is 50.7 Å². The number of benzene rings is 2. The van der Waals surface area contributed by atoms with Crippen molar-refractivity contribution in [2.24, 2.45) is 5.10 Å². The molecule has 0 aliphatic heterocycles. The molecule has 0 unspecified atom stereocenters. The largest absolute Gasteiger partial charge is 0.484 e. The van der Waals surface area contributed by atoms with Crippen LogP contribution < -0.4 is 10.2 Å². The number of nitrogens with one attached hydrogen (secondary N) is 1. The zero-order valence-corrected chi connectivity index (χ0v) is 15.6. The van der Waals surface area contributed by atoms with Crippen LogP contribution in [0.5, 0.6) is 5.75 Å². The molecule has 0 radical (unpaired) electrons. The standard InChI is InChI=1S/C19H20Cl2N2O2/c1-3-13(2)14-7-9-16(10-8-14)25-12-18(24)23-22-11-15-5-4-6-17(20)19(15)21/h4-11,13H,3,12H2,1-2H3,(H,23,24)/b22-11-/t13-/m0/s1. The summed E-state index contributed by atoms with van der Waals surface area (Å²) in [4.78, 5) is 11.8. The molecule has 0 bridgehead atoms. The highest BCUT2D eigenvalue weighted by molar-refractivity contribution is 6.43. The molecule has 25 heavy (non-hydrogen) atoms. The maximum atomic E-state index is 11.8. The number of hydrogen-bond donors (Lipinski definition) is 1. The fraction of sp³-hybridized carbons (Fsp3) is 0.263. The minimum Gasteiger partial charge on any atom is -0.484 e. The quantitative estimate of drug-likeness (QED) is 0.542. The summed E-state index contributed by atoms with van der Waals surface area (Å²) in [6.45, 7) is 4.20. The second kappa shape index (κ2) is 9.44. The number of halogens is 2. The molecular weight excluding hydrogens is 359 g/mol. The maximum absolute atomic E-state index is 11.8. The van der Waals surface area contributed by atoms with Gasteiger partial charge < -0.3 is 4.74 Å². The summed E-state index contributed by atoms with van der Waals surface area (Å²) in [6, 6.07) is 12.9. The Kier molecular flexibility index (Phi) is 7.29. The summed E-state index contributed by atoms with van der Waals surface area (Å²) in [7, 11) is 0. The van der Waals surface area contributed by atoms with E-state index in [0.29, 0.717) is 27.3 Å². The van der Waals surface area contributed by atoms with E-state index in [4.69, 9.17) is 27.9 Å². The van der Waals surface area contributed by atoms with Gasteiger partial charge in [0.05, 0.1) is 16.3 Å². The van der Waals surface area contributed by atoms with Gasteiger partial charge in [-0.25, -0.2) is 5.43 Å². The molecule has 1 N–H and O–H groups in total. The highest BCUT2D eigenvalue weighted by Gasteiger charge is 2.05. The predicted octanol–water partition coefficient (Wildman–Crippen LogP) is 5.04. The first kappa shape index (κ1) is 19.3. The van der Waals surface area contributed by atoms with Crippen LogP contribution in [0.25, 0.3) is 0 Å². The Morgan fingerprint density at radius 2 is 1.96 bits per heavy atom. The van der Waals surface area contributed by atoms with Gasteiger partial charge in [-0.3, -0.25) is 4.79 Å². The molecule has 0 spiro atoms. The van der Waals surface area contributed by atoms with E-state index in [1.165, 1.54) is 11.8 Å². The molecule has 2 aromatic rings. The van der Waals surface area contributed by atoms with Gasteiger partial charge in [0.25, 0.3) is 5.91 Å². The second-order valence-corrected chi connectivity index (χ2v) is 6.39. The molecule has 0 aliphatic rings. The van der Waals surface area contributed by atoms with Gasteiger partial charge in [0.15, 0.2) is 6.61 Å². The van der Waals surface area contributed by atoms with Crippen LogP contribution in [0, 0.1) is 0 Å². The van der Waals surface area contributed by atoms with E-state index in [9.17, 15) is 4.79 Å². The lowest BCUT2D eigenvalue weighted by molar-refractivity contribution is -0.123. The van der Waals surface area contributed by atoms with Gasteiger partial charge in [-0.2, -0.15) is 5.10 Å². The van der Waals surface area contributed by atoms with E-state index >= 15 is 0 Å². The van der Waals surface area contributed by atoms with Crippen LogP contribution in [0.2, 0.25) is 10.0 Å². The van der Waals surface area contributed by atoms with Crippen molar-refractivity contribution in [1.82, 2.24) is 5.43 Å². The van der Waals surface area contributed by atoms with Crippen LogP contribution >= 0.6 is 23.2 Å². The van der Waals surface area contributed by atoms with Crippen molar-refractivity contribution in [3.63, 3.8) is 0 Å². The minimum absolute atomic E-state index is 0.122. The summed E-state index contributed by atoms with van der Waals surface area (Å²) in [6.07, 6.45) is 2.52. The van der Waals surface area contributed by atoms with Crippen molar-refractivity contribution < 1.29 is 9.53 Å². The van der Waals surface area contributed by atoms with Crippen molar-refractivity contribution in [1.29, 1.82) is 0 Å². The molecular formula is C19H20Cl2N2O2. The van der Waals surface area contributed by atoms with Crippen molar-refractivity contribution in [2.45, 2.75) is 26.2 Å². The van der Waals surface area contributed by atoms with Gasteiger partial charge in [-0.05, 0) is 36.1 Å². The zero-order valence-electron chi connectivity index (χ0n) is 14.1. The summed E-state index contributed by atoms with van der Waals surface area (Å²) in [5, 5.41) is 4.68. The van der Waals surface area contributed by atoms with Crippen molar-refractivity contribution in [3.8, 4) is 5.75 Å². The molecule has 132 valence electrons. The molecule has 2 aromatic carbocycles. The molecule has 1 atom stereocenters. The summed E-state index contributed by atoms with van der Waals surface area (Å²) in [5.74, 6) is 0.787. The number of amides is 1. The Morgan fingerprint density at radius 3 is 2.64 bits per heavy atom. The van der Waals surface area contributed by atoms with E-state index in [2.05, 4.69) is 24.4 Å². The molecule has 0 fully saturated rings. The minimum atomic E-state index is -0.361. The third-order valence-corrected chi connectivity index (χ3v) is 4.64. The Morgan fingerprint density at radius 1 is 1.24 bits per heavy atom. The second-order valence-electron chi connectivity index (χ2n) is 5.60. The lowest BCUT2D eigenvalue weighted by Gasteiger charge is -2.10. The molecule has 0 saturated carbocycles. The first-order valence-electron chi connectivity index (χ1n) is 8.00. The first-order valence-corrected chi connectivity index (χ1v) is 8.75. The Labute approximate surface area is 157 Å². The highest BCUT2D eigenvalue weighted by Crippen LogP contribution is 2.24. The number of hydrazone groups is 1. The molecule has 0 aliphatic carbocycles. The average molecular weight is 379 g/mol. The Bertz CT molecular complexity index is 746. The van der Waals surface area contributed by atoms with Gasteiger partial charge in [0.2, 0.25) is 0 Å². The summed E-state index contributed by atoms with van der Waals surface area (Å²) >= 11 is 11.9. The number of carbonyl (C=O) groups excluding carboxylic acids is 1. The van der Waals surface area contributed by atoms with E-state index in [1.54, 1.807) is 18.2 Å². The van der Waals surface area contributed by atoms with Crippen LogP contribution in [-0.4, -0.2) is 18.7 Å². The van der Waals surface area contributed by atoms with Crippen LogP contribution in [0.15, 0.2) is 47.6 Å². The lowest BCUT2D eigenvalue weighted by atomic mass is 9.99. The highest BCUT2D eigenvalue weighted by atomic mass is 35.5. The van der Waals surface area contributed by atoms with Crippen molar-refractivity contribution in [3.05, 3.63) is 63.6 Å². The van der Waals surface area contributed by atoms with E-state index in [1.807, 2.05) is 24.3 Å². The van der Waals surface area contributed by atoms with Gasteiger partial charge in [-0.15, -0.1) is 0 Å². The third kappa shape index (κ3) is 5.76. The van der Waals surface area contributed by atoms with Gasteiger partial charge in [0.1, 0.15) is 5.75 Å². The first-order chi connectivity index (χ1) is 12.0. The predicted molar refractivity (Wildman–Crippen MR) is 103 cm³/mol. The average Bonchev–Trinajstić information content (AvgIpc) is 2.63. The van der Waals surface area contributed by atoms with E-state index in [-0.39, 0.29) is 12.5 Å². The zero-order chi connectivity index (χ0) is 18.2. The maximum Gasteiger partial charge on any atom is 0.277 e. The van der Waals surface area contributed by atoms with Gasteiger partial charge in [-0.1, -0.05) is 61.3 Å². The fourth-order valence-electron chi connectivity index (χ4n) is 2.10. The smallest absolute Gasteiger partial charge is 0.277 e. The normalized spacial score (nSPS) is 12.2. The molecule has 0 aromatic heterocycles. The molecule has 2 rings (SSSR count). The van der Waals surface area contributed by atoms with E-state index < -0.39 is 0 Å². The van der Waals surface area contributed by atoms with Crippen LogP contribution in [0.3, 0.4) is 0 Å². The van der Waals surface area contributed by atoms with Crippen LogP contribution in [0.1, 0.15) is 37.3 Å². The lowest BCUT2D eigenvalue weighted by Crippen LogP contribution is -2.24. The van der Waals surface area contributed by atoms with Crippen molar-refractivity contribution >= 4 is 35.3 Å². The number of ether oxygens (including phenoxy) is 1. The molecule has 1 amide bonds. The molecule has 4 nitrogen and oxygen atoms in total. The van der Waals surface area contributed by atoms with Crippen molar-refractivity contribution in [2.75, 3.05) is 6.61 Å². The van der Waals surface area contributed by atoms with Gasteiger partial charge in [0, 0.05) is 5.56 Å². The van der Waals surface area contributed by atoms with Crippen LogP contribution in [0.4, 0.5) is 0 Å². The number of nitrogens with zero attached hydrogens (tertiary/aromatic N) is 1. The molecule has 0 saturated heterocycles. The van der Waals surface area contributed by atoms with Crippen LogP contribution in [-0.2, 0) is 4.79 Å². The Hall–Kier alpha value is -2.04. The number of rotatable bonds is 7. The summed E-state index contributed by atoms with van der Waals surface area (Å²) < 4.78 is 5.45. The third-order valence-electron chi connectivity index (χ3n) is 3.81. The number of carbonyl (C=O) groups is 1. The summed E-state index contributed by atoms with van der Waals surface area (Å²) in [5.41, 5.74) is 4.26. The van der Waals surface area contributed by atoms with E-state index in [0.717, 1.165) is 6.42 Å². The SMILES string of the molecule is CC[C@H](C)c1ccc(OCC(=O)N/N=C\c2cccc(Cl)c2Cl)cc1. The molecule has 6 heteroatoms. The number of hydrogen-bond acceptors (Lipinski definition) is 3.